The van der Waals surface area contributed by atoms with E-state index in [0.29, 0.717) is 12.7 Å². The number of hydrogen-bond donors (Lipinski definition) is 0. The second-order valence-corrected chi connectivity index (χ2v) is 2.85. The third-order valence-corrected chi connectivity index (χ3v) is 2.07. The van der Waals surface area contributed by atoms with E-state index in [1.54, 1.807) is 6.92 Å². The van der Waals surface area contributed by atoms with Gasteiger partial charge in [-0.05, 0) is 30.5 Å². The van der Waals surface area contributed by atoms with Crippen LogP contribution < -0.4 is 0 Å². The molecule has 0 saturated heterocycles. The Morgan fingerprint density at radius 2 is 2.00 bits per heavy atom. The van der Waals surface area contributed by atoms with Gasteiger partial charge in [0.05, 0.1) is 0 Å². The number of halogens is 2. The molecule has 70 valence electrons. The number of carbonyl (C=O) groups is 1. The number of hydrogen-bond acceptors (Lipinski definition) is 1. The van der Waals surface area contributed by atoms with Crippen LogP contribution in [0.4, 0.5) is 8.78 Å². The van der Waals surface area contributed by atoms with Crippen molar-refractivity contribution in [1.82, 2.24) is 0 Å². The van der Waals surface area contributed by atoms with Crippen LogP contribution in [0.2, 0.25) is 0 Å². The summed E-state index contributed by atoms with van der Waals surface area (Å²) in [5.74, 6) is -1.76. The predicted molar refractivity (Wildman–Crippen MR) is 45.9 cm³/mol. The van der Waals surface area contributed by atoms with Crippen molar-refractivity contribution in [2.45, 2.75) is 20.3 Å². The molecule has 0 unspecified atom stereocenters. The Morgan fingerprint density at radius 3 is 2.46 bits per heavy atom. The minimum absolute atomic E-state index is 0.0738. The van der Waals surface area contributed by atoms with Gasteiger partial charge in [0, 0.05) is 5.56 Å². The predicted octanol–water partition coefficient (Wildman–Crippen LogP) is 2.65. The second-order valence-electron chi connectivity index (χ2n) is 2.85. The molecule has 1 aromatic carbocycles. The van der Waals surface area contributed by atoms with Crippen LogP contribution in [0.1, 0.15) is 28.4 Å². The van der Waals surface area contributed by atoms with Gasteiger partial charge in [-0.3, -0.25) is 4.79 Å². The topological polar surface area (TPSA) is 17.1 Å². The first kappa shape index (κ1) is 9.84. The largest absolute Gasteiger partial charge is 0.298 e. The van der Waals surface area contributed by atoms with Gasteiger partial charge in [0.1, 0.15) is 6.29 Å². The summed E-state index contributed by atoms with van der Waals surface area (Å²) in [5, 5.41) is 0. The summed E-state index contributed by atoms with van der Waals surface area (Å²) in [6, 6.07) is 1.39. The molecule has 0 atom stereocenters. The van der Waals surface area contributed by atoms with E-state index in [1.807, 2.05) is 0 Å². The van der Waals surface area contributed by atoms with Crippen molar-refractivity contribution in [1.29, 1.82) is 0 Å². The average Bonchev–Trinajstić information content (AvgIpc) is 2.15. The lowest BCUT2D eigenvalue weighted by Gasteiger charge is -2.06. The van der Waals surface area contributed by atoms with Gasteiger partial charge in [-0.15, -0.1) is 0 Å². The van der Waals surface area contributed by atoms with Gasteiger partial charge in [-0.25, -0.2) is 8.78 Å². The normalized spacial score (nSPS) is 10.2. The summed E-state index contributed by atoms with van der Waals surface area (Å²) in [4.78, 5) is 10.5. The maximum absolute atomic E-state index is 13.1. The number of benzene rings is 1. The fourth-order valence-electron chi connectivity index (χ4n) is 1.17. The van der Waals surface area contributed by atoms with Crippen LogP contribution in [0.25, 0.3) is 0 Å². The van der Waals surface area contributed by atoms with Crippen molar-refractivity contribution in [3.05, 3.63) is 34.4 Å². The monoisotopic (exact) mass is 184 g/mol. The van der Waals surface area contributed by atoms with Crippen molar-refractivity contribution in [3.63, 3.8) is 0 Å². The Morgan fingerprint density at radius 1 is 1.38 bits per heavy atom. The van der Waals surface area contributed by atoms with Gasteiger partial charge in [0.15, 0.2) is 11.6 Å². The van der Waals surface area contributed by atoms with Gasteiger partial charge < -0.3 is 0 Å². The van der Waals surface area contributed by atoms with Gasteiger partial charge in [-0.1, -0.05) is 6.92 Å². The van der Waals surface area contributed by atoms with Gasteiger partial charge in [-0.2, -0.15) is 0 Å². The van der Waals surface area contributed by atoms with Crippen LogP contribution in [0.3, 0.4) is 0 Å². The standard InChI is InChI=1S/C10H10F2O/c1-3-7-4-8(5-13)6(2)9(11)10(7)12/h4-5H,3H2,1-2H3. The highest BCUT2D eigenvalue weighted by molar-refractivity contribution is 5.77. The highest BCUT2D eigenvalue weighted by Gasteiger charge is 2.13. The number of carbonyl (C=O) groups excluding carboxylic acids is 1. The highest BCUT2D eigenvalue weighted by Crippen LogP contribution is 2.19. The third-order valence-electron chi connectivity index (χ3n) is 2.07. The van der Waals surface area contributed by atoms with Crippen LogP contribution in [0, 0.1) is 18.6 Å². The molecule has 3 heteroatoms. The summed E-state index contributed by atoms with van der Waals surface area (Å²) in [6.07, 6.45) is 0.918. The van der Waals surface area contributed by atoms with E-state index >= 15 is 0 Å². The fraction of sp³-hybridized carbons (Fsp3) is 0.300. The average molecular weight is 184 g/mol. The minimum atomic E-state index is -0.915. The molecule has 1 nitrogen and oxygen atoms in total. The summed E-state index contributed by atoms with van der Waals surface area (Å²) < 4.78 is 26.2. The molecule has 1 aromatic rings. The van der Waals surface area contributed by atoms with E-state index < -0.39 is 11.6 Å². The quantitative estimate of drug-likeness (QED) is 0.646. The van der Waals surface area contributed by atoms with E-state index in [9.17, 15) is 13.6 Å². The maximum atomic E-state index is 13.1. The maximum Gasteiger partial charge on any atom is 0.162 e. The smallest absolute Gasteiger partial charge is 0.162 e. The van der Waals surface area contributed by atoms with Crippen molar-refractivity contribution in [2.75, 3.05) is 0 Å². The molecular weight excluding hydrogens is 174 g/mol. The van der Waals surface area contributed by atoms with Crippen LogP contribution in [-0.4, -0.2) is 6.29 Å². The van der Waals surface area contributed by atoms with Crippen molar-refractivity contribution >= 4 is 6.29 Å². The lowest BCUT2D eigenvalue weighted by Crippen LogP contribution is -2.00. The zero-order valence-electron chi connectivity index (χ0n) is 7.53. The van der Waals surface area contributed by atoms with Crippen molar-refractivity contribution in [2.24, 2.45) is 0 Å². The Kier molecular flexibility index (Phi) is 2.76. The lowest BCUT2D eigenvalue weighted by atomic mass is 10.0. The number of aldehydes is 1. The van der Waals surface area contributed by atoms with Crippen LogP contribution in [0.5, 0.6) is 0 Å². The molecule has 0 bridgehead atoms. The molecular formula is C10H10F2O. The number of rotatable bonds is 2. The molecule has 0 heterocycles. The number of aryl methyl sites for hydroxylation is 1. The molecule has 13 heavy (non-hydrogen) atoms. The zero-order valence-corrected chi connectivity index (χ0v) is 7.53. The van der Waals surface area contributed by atoms with Crippen LogP contribution in [-0.2, 0) is 6.42 Å². The van der Waals surface area contributed by atoms with Crippen molar-refractivity contribution in [3.8, 4) is 0 Å². The summed E-state index contributed by atoms with van der Waals surface area (Å²) >= 11 is 0. The van der Waals surface area contributed by atoms with Crippen LogP contribution in [0.15, 0.2) is 6.07 Å². The minimum Gasteiger partial charge on any atom is -0.298 e. The molecule has 0 radical (unpaired) electrons. The van der Waals surface area contributed by atoms with E-state index in [1.165, 1.54) is 13.0 Å². The van der Waals surface area contributed by atoms with Crippen molar-refractivity contribution < 1.29 is 13.6 Å². The van der Waals surface area contributed by atoms with E-state index in [-0.39, 0.29) is 16.7 Å². The molecule has 0 amide bonds. The first-order chi connectivity index (χ1) is 6.11. The Bertz CT molecular complexity index is 345. The van der Waals surface area contributed by atoms with Gasteiger partial charge >= 0.3 is 0 Å². The lowest BCUT2D eigenvalue weighted by molar-refractivity contribution is 0.112. The zero-order chi connectivity index (χ0) is 10.0. The van der Waals surface area contributed by atoms with E-state index in [2.05, 4.69) is 0 Å². The highest BCUT2D eigenvalue weighted by atomic mass is 19.2. The van der Waals surface area contributed by atoms with Crippen LogP contribution >= 0.6 is 0 Å². The molecule has 0 N–H and O–H groups in total. The molecule has 0 saturated carbocycles. The molecule has 0 aliphatic rings. The Hall–Kier alpha value is -1.25. The summed E-state index contributed by atoms with van der Waals surface area (Å²) in [7, 11) is 0. The Labute approximate surface area is 75.4 Å². The van der Waals surface area contributed by atoms with E-state index in [4.69, 9.17) is 0 Å². The Balaban J connectivity index is 3.45. The summed E-state index contributed by atoms with van der Waals surface area (Å²) in [5.41, 5.74) is 0.533. The molecule has 0 aliphatic carbocycles. The third kappa shape index (κ3) is 1.59. The van der Waals surface area contributed by atoms with Gasteiger partial charge in [0.25, 0.3) is 0 Å². The van der Waals surface area contributed by atoms with Gasteiger partial charge in [0.2, 0.25) is 0 Å². The molecule has 1 rings (SSSR count). The van der Waals surface area contributed by atoms with E-state index in [0.717, 1.165) is 0 Å². The second kappa shape index (κ2) is 3.64. The first-order valence-corrected chi connectivity index (χ1v) is 4.04. The SMILES string of the molecule is CCc1cc(C=O)c(C)c(F)c1F. The summed E-state index contributed by atoms with van der Waals surface area (Å²) in [6.45, 7) is 3.10. The first-order valence-electron chi connectivity index (χ1n) is 4.04. The molecule has 0 fully saturated rings. The molecule has 0 spiro atoms. The molecule has 0 aliphatic heterocycles. The molecule has 0 aromatic heterocycles. The fourth-order valence-corrected chi connectivity index (χ4v) is 1.17.